The van der Waals surface area contributed by atoms with Crippen LogP contribution in [0.25, 0.3) is 11.0 Å². The molecule has 4 N–H and O–H groups in total. The zero-order chi connectivity index (χ0) is 12.6. The van der Waals surface area contributed by atoms with Crippen molar-refractivity contribution in [3.8, 4) is 0 Å². The molecule has 0 unspecified atom stereocenters. The van der Waals surface area contributed by atoms with Gasteiger partial charge in [-0.15, -0.1) is 0 Å². The first kappa shape index (κ1) is 11.9. The van der Waals surface area contributed by atoms with E-state index in [1.165, 1.54) is 0 Å². The summed E-state index contributed by atoms with van der Waals surface area (Å²) in [5, 5.41) is 0. The quantitative estimate of drug-likeness (QED) is 0.836. The molecule has 0 atom stereocenters. The Hall–Kier alpha value is -1.62. The molecule has 0 bridgehead atoms. The first-order chi connectivity index (χ1) is 8.06. The van der Waals surface area contributed by atoms with Gasteiger partial charge in [0.1, 0.15) is 11.3 Å². The molecule has 2 rings (SSSR count). The normalized spacial score (nSPS) is 11.3. The summed E-state index contributed by atoms with van der Waals surface area (Å²) in [5.74, 6) is 1.48. The molecule has 17 heavy (non-hydrogen) atoms. The summed E-state index contributed by atoms with van der Waals surface area (Å²) in [7, 11) is 0. The van der Waals surface area contributed by atoms with E-state index in [0.29, 0.717) is 12.4 Å². The van der Waals surface area contributed by atoms with E-state index in [2.05, 4.69) is 21.5 Å². The monoisotopic (exact) mass is 233 g/mol. The maximum Gasteiger partial charge on any atom is 0.151 e. The molecule has 0 saturated carbocycles. The Balaban J connectivity index is 2.70. The number of imidazole rings is 1. The lowest BCUT2D eigenvalue weighted by molar-refractivity contribution is 0.647. The van der Waals surface area contributed by atoms with Crippen molar-refractivity contribution in [3.63, 3.8) is 0 Å². The second-order valence-corrected chi connectivity index (χ2v) is 4.36. The molecular weight excluding hydrogens is 214 g/mol. The van der Waals surface area contributed by atoms with Crippen molar-refractivity contribution in [1.82, 2.24) is 14.5 Å². The van der Waals surface area contributed by atoms with Crippen LogP contribution in [0.2, 0.25) is 0 Å². The number of nitrogen functional groups attached to an aromatic ring is 1. The van der Waals surface area contributed by atoms with Gasteiger partial charge in [0.15, 0.2) is 5.82 Å². The average Bonchev–Trinajstić information content (AvgIpc) is 2.61. The highest BCUT2D eigenvalue weighted by Gasteiger charge is 2.14. The van der Waals surface area contributed by atoms with Crippen LogP contribution in [-0.4, -0.2) is 21.1 Å². The number of hydrogen-bond acceptors (Lipinski definition) is 4. The number of anilines is 1. The molecule has 0 fully saturated rings. The van der Waals surface area contributed by atoms with E-state index in [1.54, 1.807) is 0 Å². The lowest BCUT2D eigenvalue weighted by atomic mass is 10.2. The molecule has 5 heteroatoms. The Morgan fingerprint density at radius 1 is 1.18 bits per heavy atom. The van der Waals surface area contributed by atoms with Crippen molar-refractivity contribution in [2.45, 2.75) is 33.7 Å². The van der Waals surface area contributed by atoms with Gasteiger partial charge >= 0.3 is 0 Å². The fraction of sp³-hybridized carbons (Fsp3) is 0.500. The van der Waals surface area contributed by atoms with Crippen molar-refractivity contribution in [2.75, 3.05) is 12.3 Å². The number of aryl methyl sites for hydroxylation is 4. The van der Waals surface area contributed by atoms with E-state index in [-0.39, 0.29) is 0 Å². The lowest BCUT2D eigenvalue weighted by Gasteiger charge is -2.09. The Morgan fingerprint density at radius 2 is 1.88 bits per heavy atom. The van der Waals surface area contributed by atoms with E-state index in [4.69, 9.17) is 11.5 Å². The Morgan fingerprint density at radius 3 is 2.53 bits per heavy atom. The number of pyridine rings is 1. The number of nitrogens with zero attached hydrogens (tertiary/aromatic N) is 3. The van der Waals surface area contributed by atoms with Gasteiger partial charge in [-0.1, -0.05) is 0 Å². The molecule has 0 spiro atoms. The fourth-order valence-electron chi connectivity index (χ4n) is 2.14. The maximum atomic E-state index is 5.93. The third-order valence-corrected chi connectivity index (χ3v) is 3.17. The van der Waals surface area contributed by atoms with Crippen LogP contribution in [0.5, 0.6) is 0 Å². The molecule has 92 valence electrons. The molecule has 0 aliphatic rings. The predicted molar refractivity (Wildman–Crippen MR) is 69.8 cm³/mol. The van der Waals surface area contributed by atoms with Crippen molar-refractivity contribution in [1.29, 1.82) is 0 Å². The van der Waals surface area contributed by atoms with Crippen molar-refractivity contribution in [3.05, 3.63) is 17.1 Å². The van der Waals surface area contributed by atoms with Crippen molar-refractivity contribution < 1.29 is 0 Å². The molecule has 0 amide bonds. The Bertz CT molecular complexity index is 556. The van der Waals surface area contributed by atoms with E-state index >= 15 is 0 Å². The van der Waals surface area contributed by atoms with Gasteiger partial charge in [-0.2, -0.15) is 0 Å². The largest absolute Gasteiger partial charge is 0.382 e. The van der Waals surface area contributed by atoms with Gasteiger partial charge < -0.3 is 16.0 Å². The zero-order valence-electron chi connectivity index (χ0n) is 10.6. The molecule has 0 aromatic carbocycles. The maximum absolute atomic E-state index is 5.93. The summed E-state index contributed by atoms with van der Waals surface area (Å²) >= 11 is 0. The average molecular weight is 233 g/mol. The first-order valence-electron chi connectivity index (χ1n) is 5.85. The molecule has 2 aromatic heterocycles. The highest BCUT2D eigenvalue weighted by molar-refractivity contribution is 5.88. The Labute approximate surface area is 101 Å². The Kier molecular flexibility index (Phi) is 3.02. The van der Waals surface area contributed by atoms with E-state index in [9.17, 15) is 0 Å². The molecule has 0 aliphatic heterocycles. The van der Waals surface area contributed by atoms with Gasteiger partial charge in [-0.3, -0.25) is 0 Å². The van der Waals surface area contributed by atoms with Crippen molar-refractivity contribution in [2.24, 2.45) is 5.73 Å². The van der Waals surface area contributed by atoms with Crippen LogP contribution in [0.4, 0.5) is 5.82 Å². The minimum atomic E-state index is 0.512. The summed E-state index contributed by atoms with van der Waals surface area (Å²) < 4.78 is 2.18. The molecule has 2 heterocycles. The SMILES string of the molecule is Cc1nc(N)c2nc(C)n(CCCN)c2c1C. The van der Waals surface area contributed by atoms with Crippen LogP contribution in [0.1, 0.15) is 23.5 Å². The molecule has 0 radical (unpaired) electrons. The van der Waals surface area contributed by atoms with Gasteiger partial charge in [0.25, 0.3) is 0 Å². The highest BCUT2D eigenvalue weighted by Crippen LogP contribution is 2.25. The van der Waals surface area contributed by atoms with Gasteiger partial charge in [0.2, 0.25) is 0 Å². The van der Waals surface area contributed by atoms with Crippen molar-refractivity contribution >= 4 is 16.9 Å². The fourth-order valence-corrected chi connectivity index (χ4v) is 2.14. The smallest absolute Gasteiger partial charge is 0.151 e. The summed E-state index contributed by atoms with van der Waals surface area (Å²) in [6.45, 7) is 7.58. The molecule has 2 aromatic rings. The number of hydrogen-bond donors (Lipinski definition) is 2. The summed E-state index contributed by atoms with van der Waals surface area (Å²) in [4.78, 5) is 8.82. The topological polar surface area (TPSA) is 82.8 Å². The summed E-state index contributed by atoms with van der Waals surface area (Å²) in [5.41, 5.74) is 15.5. The standard InChI is InChI=1S/C12H19N5/c1-7-8(2)15-12(14)10-11(7)17(6-4-5-13)9(3)16-10/h4-6,13H2,1-3H3,(H2,14,15). The van der Waals surface area contributed by atoms with Crippen LogP contribution in [0.3, 0.4) is 0 Å². The van der Waals surface area contributed by atoms with Gasteiger partial charge in [0, 0.05) is 12.2 Å². The highest BCUT2D eigenvalue weighted by atomic mass is 15.1. The zero-order valence-corrected chi connectivity index (χ0v) is 10.6. The summed E-state index contributed by atoms with van der Waals surface area (Å²) in [6.07, 6.45) is 0.938. The first-order valence-corrected chi connectivity index (χ1v) is 5.85. The second-order valence-electron chi connectivity index (χ2n) is 4.36. The van der Waals surface area contributed by atoms with Crippen LogP contribution in [0, 0.1) is 20.8 Å². The van der Waals surface area contributed by atoms with Gasteiger partial charge in [-0.25, -0.2) is 9.97 Å². The third kappa shape index (κ3) is 1.86. The number of nitrogens with two attached hydrogens (primary N) is 2. The number of rotatable bonds is 3. The molecule has 5 nitrogen and oxygen atoms in total. The number of fused-ring (bicyclic) bond motifs is 1. The number of aromatic nitrogens is 3. The van der Waals surface area contributed by atoms with E-state index < -0.39 is 0 Å². The van der Waals surface area contributed by atoms with Crippen LogP contribution >= 0.6 is 0 Å². The predicted octanol–water partition coefficient (Wildman–Crippen LogP) is 1.29. The lowest BCUT2D eigenvalue weighted by Crippen LogP contribution is -2.08. The molecular formula is C12H19N5. The van der Waals surface area contributed by atoms with Crippen LogP contribution in [0.15, 0.2) is 0 Å². The molecule has 0 aliphatic carbocycles. The minimum Gasteiger partial charge on any atom is -0.382 e. The minimum absolute atomic E-state index is 0.512. The van der Waals surface area contributed by atoms with E-state index in [0.717, 1.165) is 41.1 Å². The van der Waals surface area contributed by atoms with Crippen LogP contribution < -0.4 is 11.5 Å². The van der Waals surface area contributed by atoms with Gasteiger partial charge in [-0.05, 0) is 39.3 Å². The molecule has 0 saturated heterocycles. The third-order valence-electron chi connectivity index (χ3n) is 3.17. The second kappa shape index (κ2) is 4.33. The van der Waals surface area contributed by atoms with Crippen LogP contribution in [-0.2, 0) is 6.54 Å². The van der Waals surface area contributed by atoms with E-state index in [1.807, 2.05) is 13.8 Å². The summed E-state index contributed by atoms with van der Waals surface area (Å²) in [6, 6.07) is 0. The van der Waals surface area contributed by atoms with Gasteiger partial charge in [0.05, 0.1) is 5.52 Å².